The molecule has 0 bridgehead atoms. The van der Waals surface area contributed by atoms with Gasteiger partial charge < -0.3 is 14.6 Å². The van der Waals surface area contributed by atoms with E-state index in [2.05, 4.69) is 24.1 Å². The Hall–Kier alpha value is -1.36. The van der Waals surface area contributed by atoms with Crippen LogP contribution in [0.4, 0.5) is 5.82 Å². The van der Waals surface area contributed by atoms with Crippen LogP contribution >= 0.6 is 0 Å². The summed E-state index contributed by atoms with van der Waals surface area (Å²) in [7, 11) is 0. The number of aromatic nitrogens is 2. The molecule has 0 aliphatic carbocycles. The monoisotopic (exact) mass is 265 g/mol. The highest BCUT2D eigenvalue weighted by atomic mass is 16.5. The molecule has 19 heavy (non-hydrogen) atoms. The third kappa shape index (κ3) is 4.06. The lowest BCUT2D eigenvalue weighted by Gasteiger charge is -2.12. The molecule has 1 unspecified atom stereocenters. The van der Waals surface area contributed by atoms with Gasteiger partial charge in [0.15, 0.2) is 5.82 Å². The maximum absolute atomic E-state index is 12.1. The molecular weight excluding hydrogens is 242 g/mol. The Morgan fingerprint density at radius 1 is 1.58 bits per heavy atom. The van der Waals surface area contributed by atoms with E-state index >= 15 is 0 Å². The molecule has 1 aromatic rings. The lowest BCUT2D eigenvalue weighted by molar-refractivity contribution is 0.107. The largest absolute Gasteiger partial charge is 0.378 e. The fraction of sp³-hybridized carbons (Fsp3) is 0.714. The molecule has 2 heterocycles. The van der Waals surface area contributed by atoms with Crippen LogP contribution in [0.3, 0.4) is 0 Å². The molecule has 1 aromatic heterocycles. The predicted molar refractivity (Wildman–Crippen MR) is 75.4 cm³/mol. The van der Waals surface area contributed by atoms with Crippen molar-refractivity contribution in [2.24, 2.45) is 5.92 Å². The smallest absolute Gasteiger partial charge is 0.293 e. The zero-order valence-corrected chi connectivity index (χ0v) is 11.8. The minimum absolute atomic E-state index is 0.0384. The zero-order valence-electron chi connectivity index (χ0n) is 11.8. The van der Waals surface area contributed by atoms with Gasteiger partial charge >= 0.3 is 0 Å². The maximum Gasteiger partial charge on any atom is 0.293 e. The van der Waals surface area contributed by atoms with Crippen LogP contribution in [0.5, 0.6) is 0 Å². The first-order valence-electron chi connectivity index (χ1n) is 7.07. The lowest BCUT2D eigenvalue weighted by Crippen LogP contribution is -2.26. The van der Waals surface area contributed by atoms with E-state index in [1.54, 1.807) is 17.0 Å². The van der Waals surface area contributed by atoms with Gasteiger partial charge in [0.25, 0.3) is 5.56 Å². The van der Waals surface area contributed by atoms with Crippen LogP contribution in [0.15, 0.2) is 17.2 Å². The minimum atomic E-state index is -0.0384. The second-order valence-corrected chi connectivity index (χ2v) is 5.48. The van der Waals surface area contributed by atoms with Gasteiger partial charge in [-0.25, -0.2) is 4.98 Å². The number of nitrogens with one attached hydrogen (secondary N) is 1. The van der Waals surface area contributed by atoms with Crippen molar-refractivity contribution in [2.75, 3.05) is 18.5 Å². The summed E-state index contributed by atoms with van der Waals surface area (Å²) in [5, 5.41) is 3.13. The molecule has 1 aliphatic heterocycles. The fourth-order valence-corrected chi connectivity index (χ4v) is 2.33. The third-order valence-corrected chi connectivity index (χ3v) is 3.26. The zero-order chi connectivity index (χ0) is 13.7. The van der Waals surface area contributed by atoms with Gasteiger partial charge in [-0.2, -0.15) is 0 Å². The highest BCUT2D eigenvalue weighted by Gasteiger charge is 2.15. The Labute approximate surface area is 114 Å². The number of anilines is 1. The molecule has 0 radical (unpaired) electrons. The van der Waals surface area contributed by atoms with E-state index in [9.17, 15) is 4.79 Å². The van der Waals surface area contributed by atoms with Gasteiger partial charge in [0.1, 0.15) is 0 Å². The van der Waals surface area contributed by atoms with Crippen molar-refractivity contribution < 1.29 is 4.74 Å². The average molecular weight is 265 g/mol. The average Bonchev–Trinajstić information content (AvgIpc) is 2.86. The molecule has 0 saturated carbocycles. The van der Waals surface area contributed by atoms with Crippen LogP contribution in [0.1, 0.15) is 33.1 Å². The van der Waals surface area contributed by atoms with Gasteiger partial charge in [0.05, 0.1) is 6.10 Å². The van der Waals surface area contributed by atoms with Gasteiger partial charge in [-0.15, -0.1) is 0 Å². The van der Waals surface area contributed by atoms with Crippen LogP contribution in [-0.2, 0) is 11.3 Å². The van der Waals surface area contributed by atoms with Gasteiger partial charge in [-0.3, -0.25) is 4.79 Å². The molecule has 1 N–H and O–H groups in total. The van der Waals surface area contributed by atoms with Gasteiger partial charge in [0, 0.05) is 32.1 Å². The highest BCUT2D eigenvalue weighted by Crippen LogP contribution is 2.14. The van der Waals surface area contributed by atoms with Crippen LogP contribution in [-0.4, -0.2) is 28.8 Å². The van der Waals surface area contributed by atoms with Crippen LogP contribution in [0, 0.1) is 5.92 Å². The summed E-state index contributed by atoms with van der Waals surface area (Å²) in [6, 6.07) is 0. The molecule has 106 valence electrons. The topological polar surface area (TPSA) is 56.1 Å². The molecule has 0 aromatic carbocycles. The van der Waals surface area contributed by atoms with Crippen molar-refractivity contribution in [3.8, 4) is 0 Å². The first-order chi connectivity index (χ1) is 9.16. The molecule has 0 spiro atoms. The Morgan fingerprint density at radius 3 is 3.11 bits per heavy atom. The normalized spacial score (nSPS) is 19.0. The number of hydrogen-bond donors (Lipinski definition) is 1. The Kier molecular flexibility index (Phi) is 4.96. The SMILES string of the molecule is CC(C)Cn1ccnc(NCCC2CCCO2)c1=O. The summed E-state index contributed by atoms with van der Waals surface area (Å²) in [4.78, 5) is 16.3. The van der Waals surface area contributed by atoms with E-state index in [0.717, 1.165) is 39.0 Å². The Morgan fingerprint density at radius 2 is 2.42 bits per heavy atom. The van der Waals surface area contributed by atoms with Crippen molar-refractivity contribution in [3.63, 3.8) is 0 Å². The third-order valence-electron chi connectivity index (χ3n) is 3.26. The van der Waals surface area contributed by atoms with Crippen molar-refractivity contribution in [3.05, 3.63) is 22.7 Å². The number of hydrogen-bond acceptors (Lipinski definition) is 4. The molecule has 5 nitrogen and oxygen atoms in total. The minimum Gasteiger partial charge on any atom is -0.378 e. The van der Waals surface area contributed by atoms with Crippen molar-refractivity contribution in [1.29, 1.82) is 0 Å². The second-order valence-electron chi connectivity index (χ2n) is 5.48. The van der Waals surface area contributed by atoms with E-state index in [1.807, 2.05) is 0 Å². The van der Waals surface area contributed by atoms with Crippen LogP contribution < -0.4 is 10.9 Å². The molecule has 1 saturated heterocycles. The van der Waals surface area contributed by atoms with Crippen molar-refractivity contribution >= 4 is 5.82 Å². The number of nitrogens with zero attached hydrogens (tertiary/aromatic N) is 2. The van der Waals surface area contributed by atoms with E-state index in [4.69, 9.17) is 4.74 Å². The standard InChI is InChI=1S/C14H23N3O2/c1-11(2)10-17-8-7-16-13(14(17)18)15-6-5-12-4-3-9-19-12/h7-8,11-12H,3-6,9-10H2,1-2H3,(H,15,16). The molecule has 1 atom stereocenters. The summed E-state index contributed by atoms with van der Waals surface area (Å²) >= 11 is 0. The summed E-state index contributed by atoms with van der Waals surface area (Å²) in [6.07, 6.45) is 6.97. The molecule has 0 amide bonds. The molecular formula is C14H23N3O2. The molecule has 2 rings (SSSR count). The van der Waals surface area contributed by atoms with E-state index in [-0.39, 0.29) is 5.56 Å². The maximum atomic E-state index is 12.1. The first-order valence-corrected chi connectivity index (χ1v) is 7.07. The van der Waals surface area contributed by atoms with Gasteiger partial charge in [-0.1, -0.05) is 13.8 Å². The van der Waals surface area contributed by atoms with Crippen molar-refractivity contribution in [2.45, 2.75) is 45.8 Å². The highest BCUT2D eigenvalue weighted by molar-refractivity contribution is 5.30. The summed E-state index contributed by atoms with van der Waals surface area (Å²) in [5.41, 5.74) is -0.0384. The fourth-order valence-electron chi connectivity index (χ4n) is 2.33. The Balaban J connectivity index is 1.90. The van der Waals surface area contributed by atoms with Gasteiger partial charge in [0.2, 0.25) is 0 Å². The summed E-state index contributed by atoms with van der Waals surface area (Å²) in [5.74, 6) is 0.890. The van der Waals surface area contributed by atoms with Crippen LogP contribution in [0.25, 0.3) is 0 Å². The van der Waals surface area contributed by atoms with E-state index in [1.165, 1.54) is 0 Å². The van der Waals surface area contributed by atoms with Crippen molar-refractivity contribution in [1.82, 2.24) is 9.55 Å². The quantitative estimate of drug-likeness (QED) is 0.853. The summed E-state index contributed by atoms with van der Waals surface area (Å²) < 4.78 is 7.27. The molecule has 1 fully saturated rings. The summed E-state index contributed by atoms with van der Waals surface area (Å²) in [6.45, 7) is 6.52. The number of ether oxygens (including phenoxy) is 1. The van der Waals surface area contributed by atoms with Gasteiger partial charge in [-0.05, 0) is 25.2 Å². The predicted octanol–water partition coefficient (Wildman–Crippen LogP) is 1.88. The second kappa shape index (κ2) is 6.70. The number of rotatable bonds is 6. The van der Waals surface area contributed by atoms with E-state index in [0.29, 0.717) is 17.8 Å². The van der Waals surface area contributed by atoms with Crippen LogP contribution in [0.2, 0.25) is 0 Å². The Bertz CT molecular complexity index is 450. The molecule has 5 heteroatoms. The van der Waals surface area contributed by atoms with E-state index < -0.39 is 0 Å². The molecule has 1 aliphatic rings. The first kappa shape index (κ1) is 14.1. The lowest BCUT2D eigenvalue weighted by atomic mass is 10.2.